The number of piperidine rings is 1. The molecule has 1 unspecified atom stereocenters. The molecule has 0 spiro atoms. The number of likely N-dealkylation sites (tertiary alicyclic amines) is 2. The van der Waals surface area contributed by atoms with E-state index >= 15 is 0 Å². The van der Waals surface area contributed by atoms with Gasteiger partial charge in [-0.15, -0.1) is 0 Å². The number of amides is 3. The molecule has 1 saturated carbocycles. The van der Waals surface area contributed by atoms with Crippen molar-refractivity contribution in [3.63, 3.8) is 0 Å². The van der Waals surface area contributed by atoms with Gasteiger partial charge in [0.15, 0.2) is 0 Å². The lowest BCUT2D eigenvalue weighted by atomic mass is 9.91. The smallest absolute Gasteiger partial charge is 0.318 e. The number of hydrogen-bond donors (Lipinski definition) is 2. The minimum Gasteiger partial charge on any atom is -0.489 e. The molecule has 3 atom stereocenters. The monoisotopic (exact) mass is 757 g/mol. The van der Waals surface area contributed by atoms with Crippen LogP contribution in [-0.4, -0.2) is 99.3 Å². The Morgan fingerprint density at radius 2 is 1.91 bits per heavy atom. The first-order valence-corrected chi connectivity index (χ1v) is 17.4. The molecule has 0 radical (unpaired) electrons. The van der Waals surface area contributed by atoms with Crippen molar-refractivity contribution >= 4 is 57.7 Å². The summed E-state index contributed by atoms with van der Waals surface area (Å²) in [6.07, 6.45) is 7.08. The second-order valence-corrected chi connectivity index (χ2v) is 15.0. The minimum absolute atomic E-state index is 0.147. The second-order valence-electron chi connectivity index (χ2n) is 12.7. The van der Waals surface area contributed by atoms with E-state index in [1.54, 1.807) is 29.3 Å². The number of nitrogens with zero attached hydrogens (tertiary/aromatic N) is 4. The number of carbonyl (C=O) groups is 2. The summed E-state index contributed by atoms with van der Waals surface area (Å²) in [6, 6.07) is 7.89. The Labute approximate surface area is 283 Å². The van der Waals surface area contributed by atoms with Crippen LogP contribution in [0, 0.1) is 5.92 Å². The highest BCUT2D eigenvalue weighted by atomic mass is 127. The molecule has 2 N–H and O–H groups in total. The number of pyridine rings is 1. The van der Waals surface area contributed by atoms with E-state index in [4.69, 9.17) is 27.9 Å². The van der Waals surface area contributed by atoms with Gasteiger partial charge in [0.1, 0.15) is 18.4 Å². The highest BCUT2D eigenvalue weighted by molar-refractivity contribution is 14.1. The number of carbonyl (C=O) groups excluding carboxylic acids is 2. The first-order chi connectivity index (χ1) is 21.0. The number of likely N-dealkylation sites (N-methyl/N-ethyl adjacent to an activating group) is 1. The van der Waals surface area contributed by atoms with Crippen LogP contribution in [0.5, 0.6) is 5.75 Å². The molecule has 3 aliphatic rings. The van der Waals surface area contributed by atoms with E-state index in [0.717, 1.165) is 49.1 Å². The Bertz CT molecular complexity index is 1320. The first kappa shape index (κ1) is 33.5. The molecule has 9 nitrogen and oxygen atoms in total. The van der Waals surface area contributed by atoms with Gasteiger partial charge in [0.2, 0.25) is 5.91 Å². The molecular weight excluding hydrogens is 716 g/mol. The van der Waals surface area contributed by atoms with Crippen LogP contribution >= 0.6 is 45.8 Å². The van der Waals surface area contributed by atoms with Gasteiger partial charge in [-0.1, -0.05) is 64.7 Å². The molecule has 2 aliphatic heterocycles. The molecule has 12 heteroatoms. The Hall–Kier alpha value is -1.86. The number of alkyl halides is 1. The van der Waals surface area contributed by atoms with Crippen LogP contribution in [0.25, 0.3) is 0 Å². The number of nitrogens with one attached hydrogen (secondary N) is 1. The highest BCUT2D eigenvalue weighted by Crippen LogP contribution is 2.40. The summed E-state index contributed by atoms with van der Waals surface area (Å²) in [5, 5.41) is 15.0. The molecule has 2 saturated heterocycles. The van der Waals surface area contributed by atoms with Gasteiger partial charge in [-0.25, -0.2) is 4.79 Å². The van der Waals surface area contributed by atoms with Gasteiger partial charge in [0, 0.05) is 48.2 Å². The van der Waals surface area contributed by atoms with E-state index < -0.39 is 11.6 Å². The van der Waals surface area contributed by atoms with Crippen LogP contribution in [0.4, 0.5) is 4.79 Å². The molecule has 3 heterocycles. The lowest BCUT2D eigenvalue weighted by Crippen LogP contribution is -2.54. The molecule has 1 aliphatic carbocycles. The fourth-order valence-electron chi connectivity index (χ4n) is 6.14. The topological polar surface area (TPSA) is 98.2 Å². The maximum Gasteiger partial charge on any atom is 0.318 e. The van der Waals surface area contributed by atoms with Gasteiger partial charge in [0.05, 0.1) is 21.9 Å². The number of β-amino-alcohol motifs (C(OH)–C–C–N with tert-alkyl or cyclic N) is 1. The Kier molecular flexibility index (Phi) is 11.2. The van der Waals surface area contributed by atoms with Crippen molar-refractivity contribution in [1.29, 1.82) is 0 Å². The van der Waals surface area contributed by atoms with Crippen molar-refractivity contribution in [1.82, 2.24) is 25.0 Å². The predicted octanol–water partition coefficient (Wildman–Crippen LogP) is 5.35. The van der Waals surface area contributed by atoms with E-state index in [2.05, 4.69) is 37.8 Å². The van der Waals surface area contributed by atoms with Gasteiger partial charge in [-0.05, 0) is 75.5 Å². The molecule has 3 fully saturated rings. The van der Waals surface area contributed by atoms with Gasteiger partial charge < -0.3 is 25.0 Å². The highest BCUT2D eigenvalue weighted by Gasteiger charge is 2.43. The summed E-state index contributed by atoms with van der Waals surface area (Å²) >= 11 is 15.0. The standard InChI is InChI=1S/C32H42Cl2IN5O4/c1-38(2)28(35)19-44-27-4-3-12-36-29(27)22-9-13-39(14-10-22)30(41)26(16-23-7-8-24(33)17-25(23)34)37-31(42)40-15-11-32(43,20-40)18-21-5-6-21/h3-4,7-8,12,17,21-22,26,28,43H,5-6,9-11,13-16,18-20H2,1-2H3,(H,37,42)/t26-,28+,32?/m1/s1. The summed E-state index contributed by atoms with van der Waals surface area (Å²) in [7, 11) is 4.04. The van der Waals surface area contributed by atoms with Crippen LogP contribution < -0.4 is 10.1 Å². The molecule has 240 valence electrons. The van der Waals surface area contributed by atoms with Gasteiger partial charge in [0.25, 0.3) is 0 Å². The minimum atomic E-state index is -0.850. The Morgan fingerprint density at radius 3 is 2.59 bits per heavy atom. The lowest BCUT2D eigenvalue weighted by Gasteiger charge is -2.35. The van der Waals surface area contributed by atoms with Crippen molar-refractivity contribution < 1.29 is 19.4 Å². The Balaban J connectivity index is 1.25. The molecule has 44 heavy (non-hydrogen) atoms. The van der Waals surface area contributed by atoms with E-state index in [0.29, 0.717) is 48.6 Å². The van der Waals surface area contributed by atoms with Crippen molar-refractivity contribution in [3.05, 3.63) is 57.8 Å². The number of rotatable bonds is 11. The lowest BCUT2D eigenvalue weighted by molar-refractivity contribution is -0.134. The molecule has 1 aromatic carbocycles. The van der Waals surface area contributed by atoms with Gasteiger partial charge >= 0.3 is 6.03 Å². The number of aromatic nitrogens is 1. The summed E-state index contributed by atoms with van der Waals surface area (Å²) in [5.74, 6) is 1.36. The van der Waals surface area contributed by atoms with Crippen molar-refractivity contribution in [3.8, 4) is 5.75 Å². The summed E-state index contributed by atoms with van der Waals surface area (Å²) < 4.78 is 6.39. The van der Waals surface area contributed by atoms with Gasteiger partial charge in [-0.2, -0.15) is 0 Å². The zero-order valence-electron chi connectivity index (χ0n) is 25.4. The number of hydrogen-bond acceptors (Lipinski definition) is 6. The quantitative estimate of drug-likeness (QED) is 0.182. The van der Waals surface area contributed by atoms with E-state index in [1.165, 1.54) is 0 Å². The number of benzene rings is 1. The summed E-state index contributed by atoms with van der Waals surface area (Å²) in [6.45, 7) is 2.37. The average Bonchev–Trinajstić information content (AvgIpc) is 3.73. The summed E-state index contributed by atoms with van der Waals surface area (Å²) in [4.78, 5) is 37.7. The molecular formula is C32H42Cl2IN5O4. The van der Waals surface area contributed by atoms with Crippen LogP contribution in [0.3, 0.4) is 0 Å². The zero-order valence-corrected chi connectivity index (χ0v) is 29.0. The first-order valence-electron chi connectivity index (χ1n) is 15.4. The number of halogens is 3. The van der Waals surface area contributed by atoms with E-state index in [1.807, 2.05) is 31.1 Å². The maximum atomic E-state index is 14.0. The van der Waals surface area contributed by atoms with Crippen molar-refractivity contribution in [2.75, 3.05) is 46.9 Å². The fraction of sp³-hybridized carbons (Fsp3) is 0.594. The number of aliphatic hydroxyl groups is 1. The second kappa shape index (κ2) is 14.7. The number of ether oxygens (including phenoxy) is 1. The van der Waals surface area contributed by atoms with Crippen molar-refractivity contribution in [2.45, 2.75) is 66.6 Å². The van der Waals surface area contributed by atoms with Crippen LogP contribution in [-0.2, 0) is 11.2 Å². The molecule has 5 rings (SSSR count). The summed E-state index contributed by atoms with van der Waals surface area (Å²) in [5.41, 5.74) is 0.808. The van der Waals surface area contributed by atoms with Crippen LogP contribution in [0.15, 0.2) is 36.5 Å². The molecule has 2 aromatic rings. The van der Waals surface area contributed by atoms with Crippen molar-refractivity contribution in [2.24, 2.45) is 5.92 Å². The van der Waals surface area contributed by atoms with Crippen LogP contribution in [0.1, 0.15) is 55.7 Å². The third-order valence-electron chi connectivity index (χ3n) is 8.95. The number of urea groups is 1. The van der Waals surface area contributed by atoms with Gasteiger partial charge in [-0.3, -0.25) is 14.7 Å². The Morgan fingerprint density at radius 1 is 1.16 bits per heavy atom. The third-order valence-corrected chi connectivity index (χ3v) is 11.0. The normalized spacial score (nSPS) is 22.2. The SMILES string of the molecule is CN(C)[C@H](I)COc1cccnc1C1CCN(C(=O)[C@@H](Cc2ccc(Cl)cc2Cl)NC(=O)N2CCC(O)(CC3CC3)C2)CC1. The molecule has 3 amide bonds. The zero-order chi connectivity index (χ0) is 31.4. The third kappa shape index (κ3) is 8.69. The molecule has 1 aromatic heterocycles. The predicted molar refractivity (Wildman–Crippen MR) is 181 cm³/mol. The van der Waals surface area contributed by atoms with Crippen LogP contribution in [0.2, 0.25) is 10.0 Å². The average molecular weight is 759 g/mol. The molecule has 0 bridgehead atoms. The van der Waals surface area contributed by atoms with E-state index in [-0.39, 0.29) is 34.9 Å². The maximum absolute atomic E-state index is 14.0. The van der Waals surface area contributed by atoms with E-state index in [9.17, 15) is 14.7 Å². The largest absolute Gasteiger partial charge is 0.489 e. The fourth-order valence-corrected chi connectivity index (χ4v) is 6.80.